The second kappa shape index (κ2) is 8.67. The molecule has 1 fully saturated rings. The zero-order valence-electron chi connectivity index (χ0n) is 16.2. The lowest BCUT2D eigenvalue weighted by Crippen LogP contribution is -2.38. The summed E-state index contributed by atoms with van der Waals surface area (Å²) < 4.78 is 19.9. The van der Waals surface area contributed by atoms with Gasteiger partial charge in [-0.1, -0.05) is 17.7 Å². The summed E-state index contributed by atoms with van der Waals surface area (Å²) in [4.78, 5) is 19.2. The Kier molecular flexibility index (Phi) is 6.01. The first kappa shape index (κ1) is 20.1. The van der Waals surface area contributed by atoms with Crippen LogP contribution in [0.4, 0.5) is 4.39 Å². The minimum atomic E-state index is -0.393. The second-order valence-corrected chi connectivity index (χ2v) is 8.79. The summed E-state index contributed by atoms with van der Waals surface area (Å²) in [6, 6.07) is 10.7. The molecule has 1 amide bonds. The third-order valence-corrected chi connectivity index (χ3v) is 6.84. The number of benzene rings is 2. The average molecular weight is 433 g/mol. The van der Waals surface area contributed by atoms with Crippen LogP contribution in [0, 0.1) is 5.82 Å². The van der Waals surface area contributed by atoms with Crippen molar-refractivity contribution >= 4 is 39.1 Å². The highest BCUT2D eigenvalue weighted by Crippen LogP contribution is 2.34. The van der Waals surface area contributed by atoms with Crippen molar-refractivity contribution in [3.63, 3.8) is 0 Å². The van der Waals surface area contributed by atoms with E-state index < -0.39 is 5.82 Å². The maximum atomic E-state index is 13.8. The number of aromatic nitrogens is 1. The van der Waals surface area contributed by atoms with Gasteiger partial charge >= 0.3 is 0 Å². The molecule has 4 nitrogen and oxygen atoms in total. The molecule has 4 rings (SSSR count). The van der Waals surface area contributed by atoms with E-state index in [9.17, 15) is 9.18 Å². The van der Waals surface area contributed by atoms with Crippen molar-refractivity contribution in [2.45, 2.75) is 31.6 Å². The fourth-order valence-corrected chi connectivity index (χ4v) is 5.03. The van der Waals surface area contributed by atoms with Crippen LogP contribution in [0.1, 0.15) is 35.8 Å². The van der Waals surface area contributed by atoms with Gasteiger partial charge in [0.1, 0.15) is 0 Å². The Morgan fingerprint density at radius 1 is 1.28 bits per heavy atom. The van der Waals surface area contributed by atoms with Gasteiger partial charge in [-0.2, -0.15) is 0 Å². The van der Waals surface area contributed by atoms with Gasteiger partial charge in [-0.15, -0.1) is 11.3 Å². The molecule has 0 saturated carbocycles. The molecule has 0 bridgehead atoms. The van der Waals surface area contributed by atoms with Gasteiger partial charge in [0.25, 0.3) is 0 Å². The Hall–Kier alpha value is -2.18. The quantitative estimate of drug-likeness (QED) is 0.539. The van der Waals surface area contributed by atoms with Gasteiger partial charge in [-0.05, 0) is 55.2 Å². The predicted molar refractivity (Wildman–Crippen MR) is 114 cm³/mol. The van der Waals surface area contributed by atoms with E-state index in [1.54, 1.807) is 23.5 Å². The standard InChI is InChI=1S/C22H22ClFN2O2S/c1-28-19-5-2-14(12-17(19)24)3-7-21(27)26-10-8-15(9-11-26)22-25-18-13-16(23)4-6-20(18)29-22/h2,4-6,12-13,15H,3,7-11H2,1H3. The van der Waals surface area contributed by atoms with Gasteiger partial charge in [0, 0.05) is 30.5 Å². The predicted octanol–water partition coefficient (Wildman–Crippen LogP) is 5.44. The van der Waals surface area contributed by atoms with Crippen LogP contribution in [0.15, 0.2) is 36.4 Å². The molecule has 0 N–H and O–H groups in total. The molecule has 1 aliphatic heterocycles. The van der Waals surface area contributed by atoms with E-state index in [2.05, 4.69) is 0 Å². The normalized spacial score (nSPS) is 15.1. The smallest absolute Gasteiger partial charge is 0.222 e. The van der Waals surface area contributed by atoms with Crippen molar-refractivity contribution in [2.75, 3.05) is 20.2 Å². The molecule has 7 heteroatoms. The van der Waals surface area contributed by atoms with Crippen LogP contribution in [0.5, 0.6) is 5.75 Å². The number of nitrogens with zero attached hydrogens (tertiary/aromatic N) is 2. The number of fused-ring (bicyclic) bond motifs is 1. The van der Waals surface area contributed by atoms with E-state index in [0.717, 1.165) is 46.7 Å². The largest absolute Gasteiger partial charge is 0.494 e. The van der Waals surface area contributed by atoms with Gasteiger partial charge < -0.3 is 9.64 Å². The number of methoxy groups -OCH3 is 1. The number of hydrogen-bond donors (Lipinski definition) is 0. The number of carbonyl (C=O) groups excluding carboxylic acids is 1. The summed E-state index contributed by atoms with van der Waals surface area (Å²) in [6.07, 6.45) is 2.74. The van der Waals surface area contributed by atoms with Crippen LogP contribution < -0.4 is 4.74 Å². The van der Waals surface area contributed by atoms with Crippen LogP contribution in [-0.4, -0.2) is 36.0 Å². The molecule has 3 aromatic rings. The molecule has 0 unspecified atom stereocenters. The lowest BCUT2D eigenvalue weighted by atomic mass is 9.97. The summed E-state index contributed by atoms with van der Waals surface area (Å²) in [7, 11) is 1.44. The number of halogens is 2. The Morgan fingerprint density at radius 3 is 2.79 bits per heavy atom. The number of rotatable bonds is 5. The van der Waals surface area contributed by atoms with Crippen LogP contribution in [0.25, 0.3) is 10.2 Å². The summed E-state index contributed by atoms with van der Waals surface area (Å²) in [5.41, 5.74) is 1.75. The molecule has 0 spiro atoms. The minimum Gasteiger partial charge on any atom is -0.494 e. The molecular weight excluding hydrogens is 411 g/mol. The highest BCUT2D eigenvalue weighted by molar-refractivity contribution is 7.18. The molecule has 1 aromatic heterocycles. The molecule has 0 radical (unpaired) electrons. The third-order valence-electron chi connectivity index (χ3n) is 5.41. The van der Waals surface area contributed by atoms with Crippen molar-refractivity contribution in [1.82, 2.24) is 9.88 Å². The third kappa shape index (κ3) is 4.54. The maximum absolute atomic E-state index is 13.8. The Balaban J connectivity index is 1.31. The van der Waals surface area contributed by atoms with Crippen molar-refractivity contribution in [3.8, 4) is 5.75 Å². The molecule has 2 heterocycles. The topological polar surface area (TPSA) is 42.4 Å². The van der Waals surface area contributed by atoms with E-state index in [1.807, 2.05) is 23.1 Å². The molecule has 2 aromatic carbocycles. The number of piperidine rings is 1. The van der Waals surface area contributed by atoms with E-state index in [4.69, 9.17) is 21.3 Å². The van der Waals surface area contributed by atoms with E-state index in [1.165, 1.54) is 13.2 Å². The minimum absolute atomic E-state index is 0.121. The molecule has 1 saturated heterocycles. The van der Waals surface area contributed by atoms with Crippen molar-refractivity contribution < 1.29 is 13.9 Å². The summed E-state index contributed by atoms with van der Waals surface area (Å²) in [5.74, 6) is 0.330. The van der Waals surface area contributed by atoms with Crippen LogP contribution >= 0.6 is 22.9 Å². The number of hydrogen-bond acceptors (Lipinski definition) is 4. The highest BCUT2D eigenvalue weighted by Gasteiger charge is 2.25. The van der Waals surface area contributed by atoms with E-state index in [-0.39, 0.29) is 11.7 Å². The Bertz CT molecular complexity index is 1030. The van der Waals surface area contributed by atoms with Crippen LogP contribution in [0.3, 0.4) is 0 Å². The van der Waals surface area contributed by atoms with Crippen LogP contribution in [-0.2, 0) is 11.2 Å². The molecular formula is C22H22ClFN2O2S. The fourth-order valence-electron chi connectivity index (χ4n) is 3.74. The molecule has 152 valence electrons. The number of ether oxygens (including phenoxy) is 1. The lowest BCUT2D eigenvalue weighted by molar-refractivity contribution is -0.132. The lowest BCUT2D eigenvalue weighted by Gasteiger charge is -2.31. The number of thiazole rings is 1. The monoisotopic (exact) mass is 432 g/mol. The fraction of sp³-hybridized carbons (Fsp3) is 0.364. The Labute approximate surface area is 178 Å². The number of carbonyl (C=O) groups is 1. The van der Waals surface area contributed by atoms with Gasteiger partial charge in [0.2, 0.25) is 5.91 Å². The van der Waals surface area contributed by atoms with E-state index >= 15 is 0 Å². The zero-order chi connectivity index (χ0) is 20.4. The molecule has 0 atom stereocenters. The first-order valence-electron chi connectivity index (χ1n) is 9.69. The van der Waals surface area contributed by atoms with Crippen molar-refractivity contribution in [2.24, 2.45) is 0 Å². The maximum Gasteiger partial charge on any atom is 0.222 e. The molecule has 29 heavy (non-hydrogen) atoms. The molecule has 1 aliphatic rings. The highest BCUT2D eigenvalue weighted by atomic mass is 35.5. The van der Waals surface area contributed by atoms with Crippen molar-refractivity contribution in [1.29, 1.82) is 0 Å². The van der Waals surface area contributed by atoms with E-state index in [0.29, 0.717) is 23.8 Å². The number of likely N-dealkylation sites (tertiary alicyclic amines) is 1. The SMILES string of the molecule is COc1ccc(CCC(=O)N2CCC(c3nc4cc(Cl)ccc4s3)CC2)cc1F. The van der Waals surface area contributed by atoms with Crippen molar-refractivity contribution in [3.05, 3.63) is 57.8 Å². The van der Waals surface area contributed by atoms with Gasteiger partial charge in [0.15, 0.2) is 11.6 Å². The number of amides is 1. The summed E-state index contributed by atoms with van der Waals surface area (Å²) in [5, 5.41) is 1.83. The van der Waals surface area contributed by atoms with Crippen LogP contribution in [0.2, 0.25) is 5.02 Å². The first-order valence-corrected chi connectivity index (χ1v) is 10.9. The first-order chi connectivity index (χ1) is 14.0. The summed E-state index contributed by atoms with van der Waals surface area (Å²) in [6.45, 7) is 1.47. The summed E-state index contributed by atoms with van der Waals surface area (Å²) >= 11 is 7.77. The van der Waals surface area contributed by atoms with Gasteiger partial charge in [0.05, 0.1) is 22.3 Å². The molecule has 0 aliphatic carbocycles. The van der Waals surface area contributed by atoms with Gasteiger partial charge in [-0.25, -0.2) is 9.37 Å². The zero-order valence-corrected chi connectivity index (χ0v) is 17.7. The van der Waals surface area contributed by atoms with Gasteiger partial charge in [-0.3, -0.25) is 4.79 Å². The average Bonchev–Trinajstić information content (AvgIpc) is 3.15. The second-order valence-electron chi connectivity index (χ2n) is 7.29. The Morgan fingerprint density at radius 2 is 2.07 bits per heavy atom. The number of aryl methyl sites for hydroxylation is 1.